The van der Waals surface area contributed by atoms with Gasteiger partial charge in [-0.05, 0) is 57.2 Å². The standard InChI is InChI=1S/C16H26N2O/c1-10-5-11(2)15(12(3)6-10)8-16(18-17)14-7-13(4)19-9-14/h5-6,13-14,16,18H,7-9,17H2,1-4H3. The highest BCUT2D eigenvalue weighted by Crippen LogP contribution is 2.26. The lowest BCUT2D eigenvalue weighted by Gasteiger charge is -2.23. The molecule has 0 aliphatic carbocycles. The molecule has 0 spiro atoms. The molecular formula is C16H26N2O. The van der Waals surface area contributed by atoms with Crippen LogP contribution in [-0.4, -0.2) is 18.8 Å². The number of ether oxygens (including phenoxy) is 1. The first kappa shape index (κ1) is 14.5. The molecule has 1 aliphatic rings. The van der Waals surface area contributed by atoms with Crippen molar-refractivity contribution in [2.45, 2.75) is 52.7 Å². The van der Waals surface area contributed by atoms with E-state index >= 15 is 0 Å². The highest BCUT2D eigenvalue weighted by molar-refractivity contribution is 5.38. The van der Waals surface area contributed by atoms with E-state index in [9.17, 15) is 0 Å². The largest absolute Gasteiger partial charge is 0.378 e. The van der Waals surface area contributed by atoms with Crippen LogP contribution in [0.2, 0.25) is 0 Å². The van der Waals surface area contributed by atoms with Gasteiger partial charge in [-0.15, -0.1) is 0 Å². The van der Waals surface area contributed by atoms with Gasteiger partial charge in [0, 0.05) is 12.0 Å². The summed E-state index contributed by atoms with van der Waals surface area (Å²) in [6.07, 6.45) is 2.44. The highest BCUT2D eigenvalue weighted by atomic mass is 16.5. The Morgan fingerprint density at radius 3 is 2.42 bits per heavy atom. The lowest BCUT2D eigenvalue weighted by Crippen LogP contribution is -2.43. The Hall–Kier alpha value is -0.900. The molecule has 3 heteroatoms. The van der Waals surface area contributed by atoms with Crippen molar-refractivity contribution in [1.82, 2.24) is 5.43 Å². The van der Waals surface area contributed by atoms with Gasteiger partial charge >= 0.3 is 0 Å². The van der Waals surface area contributed by atoms with E-state index in [2.05, 4.69) is 45.3 Å². The third-order valence-electron chi connectivity index (χ3n) is 4.28. The van der Waals surface area contributed by atoms with Gasteiger partial charge < -0.3 is 4.74 Å². The fourth-order valence-electron chi connectivity index (χ4n) is 3.24. The summed E-state index contributed by atoms with van der Waals surface area (Å²) < 4.78 is 5.67. The van der Waals surface area contributed by atoms with Crippen molar-refractivity contribution >= 4 is 0 Å². The molecule has 3 unspecified atom stereocenters. The molecule has 0 aromatic heterocycles. The van der Waals surface area contributed by atoms with E-state index in [-0.39, 0.29) is 0 Å². The monoisotopic (exact) mass is 262 g/mol. The molecule has 0 bridgehead atoms. The molecule has 0 amide bonds. The lowest BCUT2D eigenvalue weighted by molar-refractivity contribution is 0.117. The third kappa shape index (κ3) is 3.35. The van der Waals surface area contributed by atoms with Gasteiger partial charge in [0.25, 0.3) is 0 Å². The second-order valence-electron chi connectivity index (χ2n) is 5.99. The van der Waals surface area contributed by atoms with Gasteiger partial charge in [0.1, 0.15) is 0 Å². The van der Waals surface area contributed by atoms with Crippen LogP contribution in [0.3, 0.4) is 0 Å². The van der Waals surface area contributed by atoms with Crippen molar-refractivity contribution in [1.29, 1.82) is 0 Å². The van der Waals surface area contributed by atoms with Gasteiger partial charge in [-0.25, -0.2) is 0 Å². The van der Waals surface area contributed by atoms with Crippen LogP contribution in [-0.2, 0) is 11.2 Å². The Labute approximate surface area is 116 Å². The molecule has 3 N–H and O–H groups in total. The van der Waals surface area contributed by atoms with E-state index in [1.165, 1.54) is 22.3 Å². The molecule has 1 saturated heterocycles. The first-order chi connectivity index (χ1) is 9.01. The van der Waals surface area contributed by atoms with E-state index in [4.69, 9.17) is 10.6 Å². The van der Waals surface area contributed by atoms with Crippen LogP contribution in [0.5, 0.6) is 0 Å². The summed E-state index contributed by atoms with van der Waals surface area (Å²) in [5, 5.41) is 0. The maximum atomic E-state index is 5.77. The predicted octanol–water partition coefficient (Wildman–Crippen LogP) is 2.41. The number of rotatable bonds is 4. The summed E-state index contributed by atoms with van der Waals surface area (Å²) in [5.74, 6) is 6.28. The molecule has 2 rings (SSSR count). The quantitative estimate of drug-likeness (QED) is 0.647. The fourth-order valence-corrected chi connectivity index (χ4v) is 3.24. The van der Waals surface area contributed by atoms with Crippen LogP contribution in [0.1, 0.15) is 35.6 Å². The minimum absolute atomic E-state index is 0.296. The van der Waals surface area contributed by atoms with Crippen LogP contribution >= 0.6 is 0 Å². The number of nitrogens with two attached hydrogens (primary N) is 1. The summed E-state index contributed by atoms with van der Waals surface area (Å²) in [4.78, 5) is 0. The number of hydrazine groups is 1. The van der Waals surface area contributed by atoms with E-state index in [1.807, 2.05) is 0 Å². The average Bonchev–Trinajstić information content (AvgIpc) is 2.75. The number of benzene rings is 1. The molecule has 106 valence electrons. The molecule has 1 aromatic rings. The van der Waals surface area contributed by atoms with Crippen molar-refractivity contribution in [3.8, 4) is 0 Å². The average molecular weight is 262 g/mol. The molecule has 0 saturated carbocycles. The summed E-state index contributed by atoms with van der Waals surface area (Å²) in [6.45, 7) is 9.48. The van der Waals surface area contributed by atoms with Gasteiger partial charge in [-0.3, -0.25) is 11.3 Å². The molecule has 0 radical (unpaired) electrons. The SMILES string of the molecule is Cc1cc(C)c(CC(NN)C2COC(C)C2)c(C)c1. The number of nitrogens with one attached hydrogen (secondary N) is 1. The van der Waals surface area contributed by atoms with Crippen LogP contribution in [0, 0.1) is 26.7 Å². The summed E-state index contributed by atoms with van der Waals surface area (Å²) in [6, 6.07) is 4.80. The fraction of sp³-hybridized carbons (Fsp3) is 0.625. The smallest absolute Gasteiger partial charge is 0.0551 e. The van der Waals surface area contributed by atoms with Crippen molar-refractivity contribution in [3.63, 3.8) is 0 Å². The number of hydrogen-bond donors (Lipinski definition) is 2. The van der Waals surface area contributed by atoms with Gasteiger partial charge in [0.2, 0.25) is 0 Å². The molecule has 1 heterocycles. The first-order valence-electron chi connectivity index (χ1n) is 7.15. The first-order valence-corrected chi connectivity index (χ1v) is 7.15. The summed E-state index contributed by atoms with van der Waals surface area (Å²) >= 11 is 0. The van der Waals surface area contributed by atoms with E-state index in [0.717, 1.165) is 19.4 Å². The lowest BCUT2D eigenvalue weighted by atomic mass is 9.88. The second kappa shape index (κ2) is 6.04. The van der Waals surface area contributed by atoms with Crippen molar-refractivity contribution in [2.24, 2.45) is 11.8 Å². The van der Waals surface area contributed by atoms with E-state index in [1.54, 1.807) is 0 Å². The highest BCUT2D eigenvalue weighted by Gasteiger charge is 2.29. The van der Waals surface area contributed by atoms with Gasteiger partial charge in [-0.1, -0.05) is 17.7 Å². The Morgan fingerprint density at radius 1 is 1.32 bits per heavy atom. The van der Waals surface area contributed by atoms with Gasteiger partial charge in [-0.2, -0.15) is 0 Å². The zero-order valence-corrected chi connectivity index (χ0v) is 12.5. The topological polar surface area (TPSA) is 47.3 Å². The zero-order chi connectivity index (χ0) is 14.0. The normalized spacial score (nSPS) is 24.7. The van der Waals surface area contributed by atoms with Crippen LogP contribution < -0.4 is 11.3 Å². The third-order valence-corrected chi connectivity index (χ3v) is 4.28. The van der Waals surface area contributed by atoms with Crippen LogP contribution in [0.4, 0.5) is 0 Å². The predicted molar refractivity (Wildman–Crippen MR) is 79.0 cm³/mol. The molecule has 3 nitrogen and oxygen atoms in total. The summed E-state index contributed by atoms with van der Waals surface area (Å²) in [7, 11) is 0. The molecule has 1 aliphatic heterocycles. The number of hydrogen-bond acceptors (Lipinski definition) is 3. The Kier molecular flexibility index (Phi) is 4.61. The summed E-state index contributed by atoms with van der Waals surface area (Å²) in [5.41, 5.74) is 8.48. The Bertz CT molecular complexity index is 421. The minimum Gasteiger partial charge on any atom is -0.378 e. The van der Waals surface area contributed by atoms with Crippen LogP contribution in [0.25, 0.3) is 0 Å². The van der Waals surface area contributed by atoms with E-state index in [0.29, 0.717) is 18.1 Å². The maximum absolute atomic E-state index is 5.77. The molecular weight excluding hydrogens is 236 g/mol. The van der Waals surface area contributed by atoms with Crippen molar-refractivity contribution < 1.29 is 4.74 Å². The Balaban J connectivity index is 2.14. The zero-order valence-electron chi connectivity index (χ0n) is 12.5. The molecule has 1 fully saturated rings. The minimum atomic E-state index is 0.296. The van der Waals surface area contributed by atoms with Crippen LogP contribution in [0.15, 0.2) is 12.1 Å². The van der Waals surface area contributed by atoms with E-state index < -0.39 is 0 Å². The van der Waals surface area contributed by atoms with Gasteiger partial charge in [0.05, 0.1) is 12.7 Å². The maximum Gasteiger partial charge on any atom is 0.0551 e. The molecule has 3 atom stereocenters. The Morgan fingerprint density at radius 2 is 1.95 bits per heavy atom. The van der Waals surface area contributed by atoms with Crippen molar-refractivity contribution in [3.05, 3.63) is 34.4 Å². The molecule has 19 heavy (non-hydrogen) atoms. The van der Waals surface area contributed by atoms with Gasteiger partial charge in [0.15, 0.2) is 0 Å². The second-order valence-corrected chi connectivity index (χ2v) is 5.99. The number of aryl methyl sites for hydroxylation is 3. The van der Waals surface area contributed by atoms with Crippen molar-refractivity contribution in [2.75, 3.05) is 6.61 Å². The molecule has 1 aromatic carbocycles.